The Balaban J connectivity index is 1.62. The van der Waals surface area contributed by atoms with Crippen molar-refractivity contribution < 1.29 is 28.4 Å². The molecule has 2 aromatic carbocycles. The van der Waals surface area contributed by atoms with Crippen LogP contribution in [0.2, 0.25) is 0 Å². The minimum Gasteiger partial charge on any atom is -0.481 e. The monoisotopic (exact) mass is 486 g/mol. The standard InChI is InChI=1S/C25H30N2O6S/c1-16(13-14-34(2)32)26-24(30)22(11-12-23(28)29)27-25(31)33-15-21-19-9-5-3-7-17(19)18-8-4-6-10-20(18)21/h3-10,16,21-22H,11-15H2,1-2H3,(H,26,30)(H,27,31)(H,28,29). The summed E-state index contributed by atoms with van der Waals surface area (Å²) in [5.41, 5.74) is 4.35. The van der Waals surface area contributed by atoms with Gasteiger partial charge in [0.25, 0.3) is 0 Å². The molecule has 1 aliphatic rings. The molecule has 1 aliphatic carbocycles. The molecule has 0 spiro atoms. The van der Waals surface area contributed by atoms with E-state index in [0.717, 1.165) is 22.3 Å². The Hall–Kier alpha value is -3.20. The van der Waals surface area contributed by atoms with Crippen LogP contribution >= 0.6 is 0 Å². The molecule has 8 nitrogen and oxygen atoms in total. The zero-order chi connectivity index (χ0) is 24.7. The summed E-state index contributed by atoms with van der Waals surface area (Å²) in [7, 11) is -0.985. The van der Waals surface area contributed by atoms with E-state index in [-0.39, 0.29) is 31.4 Å². The highest BCUT2D eigenvalue weighted by atomic mass is 32.2. The van der Waals surface area contributed by atoms with E-state index in [1.165, 1.54) is 0 Å². The van der Waals surface area contributed by atoms with Crippen LogP contribution in [0, 0.1) is 0 Å². The van der Waals surface area contributed by atoms with Crippen LogP contribution < -0.4 is 10.6 Å². The van der Waals surface area contributed by atoms with Gasteiger partial charge in [0.05, 0.1) is 0 Å². The highest BCUT2D eigenvalue weighted by molar-refractivity contribution is 7.84. The molecule has 2 aromatic rings. The third kappa shape index (κ3) is 6.66. The average Bonchev–Trinajstić information content (AvgIpc) is 3.12. The second kappa shape index (κ2) is 11.8. The lowest BCUT2D eigenvalue weighted by molar-refractivity contribution is -0.137. The molecule has 9 heteroatoms. The Morgan fingerprint density at radius 2 is 1.59 bits per heavy atom. The van der Waals surface area contributed by atoms with Crippen LogP contribution in [0.3, 0.4) is 0 Å². The summed E-state index contributed by atoms with van der Waals surface area (Å²) in [4.78, 5) is 36.3. The van der Waals surface area contributed by atoms with Gasteiger partial charge < -0.3 is 20.5 Å². The van der Waals surface area contributed by atoms with Crippen molar-refractivity contribution in [2.45, 2.75) is 44.2 Å². The summed E-state index contributed by atoms with van der Waals surface area (Å²) in [6.45, 7) is 1.86. The number of amides is 2. The maximum atomic E-state index is 12.7. The first-order valence-electron chi connectivity index (χ1n) is 11.2. The summed E-state index contributed by atoms with van der Waals surface area (Å²) in [6.07, 6.45) is 0.955. The molecule has 0 fully saturated rings. The fourth-order valence-electron chi connectivity index (χ4n) is 4.08. The van der Waals surface area contributed by atoms with Gasteiger partial charge in [-0.25, -0.2) is 4.79 Å². The molecule has 3 unspecified atom stereocenters. The van der Waals surface area contributed by atoms with Gasteiger partial charge in [0.2, 0.25) is 5.91 Å². The number of alkyl carbamates (subject to hydrolysis) is 1. The summed E-state index contributed by atoms with van der Waals surface area (Å²) in [5, 5.41) is 14.3. The lowest BCUT2D eigenvalue weighted by Crippen LogP contribution is -2.49. The van der Waals surface area contributed by atoms with Gasteiger partial charge >= 0.3 is 12.1 Å². The first-order chi connectivity index (χ1) is 16.3. The summed E-state index contributed by atoms with van der Waals surface area (Å²) in [6, 6.07) is 14.6. The minimum absolute atomic E-state index is 0.0716. The molecule has 0 radical (unpaired) electrons. The summed E-state index contributed by atoms with van der Waals surface area (Å²) >= 11 is 0. The van der Waals surface area contributed by atoms with Gasteiger partial charge in [-0.05, 0) is 42.0 Å². The number of nitrogens with one attached hydrogen (secondary N) is 2. The van der Waals surface area contributed by atoms with Gasteiger partial charge in [-0.3, -0.25) is 13.8 Å². The predicted octanol–water partition coefficient (Wildman–Crippen LogP) is 3.03. The smallest absolute Gasteiger partial charge is 0.407 e. The molecular weight excluding hydrogens is 456 g/mol. The Morgan fingerprint density at radius 3 is 2.15 bits per heavy atom. The number of aliphatic carboxylic acids is 1. The van der Waals surface area contributed by atoms with Gasteiger partial charge in [-0.15, -0.1) is 0 Å². The molecule has 0 saturated carbocycles. The highest BCUT2D eigenvalue weighted by Gasteiger charge is 2.30. The lowest BCUT2D eigenvalue weighted by atomic mass is 9.98. The highest BCUT2D eigenvalue weighted by Crippen LogP contribution is 2.44. The van der Waals surface area contributed by atoms with E-state index in [2.05, 4.69) is 10.6 Å². The number of carboxylic acid groups (broad SMARTS) is 1. The summed E-state index contributed by atoms with van der Waals surface area (Å²) in [5.74, 6) is -1.26. The molecule has 0 saturated heterocycles. The lowest BCUT2D eigenvalue weighted by Gasteiger charge is -2.21. The maximum absolute atomic E-state index is 12.7. The fraction of sp³-hybridized carbons (Fsp3) is 0.400. The molecule has 182 valence electrons. The zero-order valence-corrected chi connectivity index (χ0v) is 20.1. The first kappa shape index (κ1) is 25.4. The SMILES string of the molecule is CC(CCS(C)=O)NC(=O)C(CCC(=O)O)NC(=O)OCC1c2ccccc2-c2ccccc21. The number of fused-ring (bicyclic) bond motifs is 3. The quantitative estimate of drug-likeness (QED) is 0.449. The Kier molecular flexibility index (Phi) is 8.81. The number of hydrogen-bond donors (Lipinski definition) is 3. The fourth-order valence-corrected chi connectivity index (χ4v) is 4.76. The number of hydrogen-bond acceptors (Lipinski definition) is 5. The van der Waals surface area contributed by atoms with Crippen molar-refractivity contribution in [1.82, 2.24) is 10.6 Å². The van der Waals surface area contributed by atoms with Crippen molar-refractivity contribution in [2.24, 2.45) is 0 Å². The Morgan fingerprint density at radius 1 is 1.00 bits per heavy atom. The van der Waals surface area contributed by atoms with Crippen molar-refractivity contribution in [1.29, 1.82) is 0 Å². The minimum atomic E-state index is -1.07. The molecule has 0 aliphatic heterocycles. The van der Waals surface area contributed by atoms with Crippen LogP contribution in [0.25, 0.3) is 11.1 Å². The maximum Gasteiger partial charge on any atom is 0.407 e. The normalized spacial score (nSPS) is 14.9. The van der Waals surface area contributed by atoms with E-state index in [0.29, 0.717) is 12.2 Å². The van der Waals surface area contributed by atoms with Crippen molar-refractivity contribution in [3.8, 4) is 11.1 Å². The third-order valence-electron chi connectivity index (χ3n) is 5.83. The molecule has 3 N–H and O–H groups in total. The summed E-state index contributed by atoms with van der Waals surface area (Å²) < 4.78 is 16.8. The number of carboxylic acids is 1. The molecule has 0 heterocycles. The second-order valence-electron chi connectivity index (χ2n) is 8.43. The van der Waals surface area contributed by atoms with E-state index >= 15 is 0 Å². The van der Waals surface area contributed by atoms with Crippen molar-refractivity contribution in [2.75, 3.05) is 18.6 Å². The molecule has 3 rings (SSSR count). The predicted molar refractivity (Wildman–Crippen MR) is 130 cm³/mol. The van der Waals surface area contributed by atoms with Gasteiger partial charge in [-0.2, -0.15) is 0 Å². The van der Waals surface area contributed by atoms with Gasteiger partial charge in [0.1, 0.15) is 12.6 Å². The molecule has 0 aromatic heterocycles. The van der Waals surface area contributed by atoms with Crippen LogP contribution in [0.5, 0.6) is 0 Å². The van der Waals surface area contributed by atoms with Gasteiger partial charge in [-0.1, -0.05) is 48.5 Å². The van der Waals surface area contributed by atoms with Crippen LogP contribution in [-0.2, 0) is 25.1 Å². The van der Waals surface area contributed by atoms with E-state index < -0.39 is 34.8 Å². The van der Waals surface area contributed by atoms with Gasteiger partial charge in [0.15, 0.2) is 0 Å². The van der Waals surface area contributed by atoms with Crippen LogP contribution in [-0.4, -0.2) is 58.0 Å². The zero-order valence-electron chi connectivity index (χ0n) is 19.3. The Bertz CT molecular complexity index is 1030. The van der Waals surface area contributed by atoms with E-state index in [4.69, 9.17) is 9.84 Å². The number of benzene rings is 2. The number of ether oxygens (including phenoxy) is 1. The number of carbonyl (C=O) groups is 3. The molecule has 2 amide bonds. The molecule has 3 atom stereocenters. The number of rotatable bonds is 11. The molecule has 0 bridgehead atoms. The second-order valence-corrected chi connectivity index (χ2v) is 9.99. The van der Waals surface area contributed by atoms with E-state index in [1.807, 2.05) is 48.5 Å². The topological polar surface area (TPSA) is 122 Å². The van der Waals surface area contributed by atoms with Crippen molar-refractivity contribution in [3.05, 3.63) is 59.7 Å². The third-order valence-corrected chi connectivity index (χ3v) is 6.64. The van der Waals surface area contributed by atoms with E-state index in [1.54, 1.807) is 13.2 Å². The van der Waals surface area contributed by atoms with Gasteiger partial charge in [0, 0.05) is 41.2 Å². The van der Waals surface area contributed by atoms with Crippen molar-refractivity contribution >= 4 is 28.8 Å². The molecular formula is C25H30N2O6S. The van der Waals surface area contributed by atoms with Crippen LogP contribution in [0.15, 0.2) is 48.5 Å². The first-order valence-corrected chi connectivity index (χ1v) is 12.9. The largest absolute Gasteiger partial charge is 0.481 e. The van der Waals surface area contributed by atoms with Crippen LogP contribution in [0.4, 0.5) is 4.79 Å². The Labute approximate surface area is 201 Å². The van der Waals surface area contributed by atoms with E-state index in [9.17, 15) is 18.6 Å². The average molecular weight is 487 g/mol. The number of carbonyl (C=O) groups excluding carboxylic acids is 2. The molecule has 34 heavy (non-hydrogen) atoms. The van der Waals surface area contributed by atoms with Crippen LogP contribution in [0.1, 0.15) is 43.2 Å². The van der Waals surface area contributed by atoms with Crippen molar-refractivity contribution in [3.63, 3.8) is 0 Å².